The third-order valence-electron chi connectivity index (χ3n) is 4.85. The van der Waals surface area contributed by atoms with Crippen LogP contribution in [0.5, 0.6) is 0 Å². The van der Waals surface area contributed by atoms with Gasteiger partial charge in [-0.2, -0.15) is 0 Å². The molecule has 1 aliphatic rings. The Morgan fingerprint density at radius 3 is 2.33 bits per heavy atom. The van der Waals surface area contributed by atoms with Crippen LogP contribution in [-0.4, -0.2) is 116 Å². The smallest absolute Gasteiger partial charge is 0.317 e. The molecule has 0 bridgehead atoms. The van der Waals surface area contributed by atoms with Gasteiger partial charge in [0.1, 0.15) is 26.7 Å². The number of amides is 2. The molecule has 33 heavy (non-hydrogen) atoms. The quantitative estimate of drug-likeness (QED) is 0.107. The van der Waals surface area contributed by atoms with E-state index < -0.39 is 36.4 Å². The molecule has 0 saturated carbocycles. The molecule has 0 aliphatic carbocycles. The maximum absolute atomic E-state index is 12.1. The molecule has 0 aromatic rings. The van der Waals surface area contributed by atoms with Gasteiger partial charge in [0.05, 0.1) is 12.7 Å². The number of carboxylic acid groups (broad SMARTS) is 1. The van der Waals surface area contributed by atoms with Gasteiger partial charge in [-0.3, -0.25) is 38.6 Å². The number of nitrogens with one attached hydrogen (secondary N) is 1. The first-order valence-corrected chi connectivity index (χ1v) is 9.95. The summed E-state index contributed by atoms with van der Waals surface area (Å²) in [7, 11) is 0. The number of rotatable bonds is 17. The van der Waals surface area contributed by atoms with Crippen molar-refractivity contribution in [2.24, 2.45) is 11.7 Å². The summed E-state index contributed by atoms with van der Waals surface area (Å²) in [5, 5.41) is 11.7. The van der Waals surface area contributed by atoms with E-state index >= 15 is 0 Å². The van der Waals surface area contributed by atoms with Crippen LogP contribution in [0.4, 0.5) is 0 Å². The van der Waals surface area contributed by atoms with Gasteiger partial charge in [0.15, 0.2) is 0 Å². The highest BCUT2D eigenvalue weighted by Gasteiger charge is 2.38. The van der Waals surface area contributed by atoms with Crippen molar-refractivity contribution in [2.75, 3.05) is 52.9 Å². The fourth-order valence-corrected chi connectivity index (χ4v) is 3.61. The average Bonchev–Trinajstić information content (AvgIpc) is 2.95. The molecule has 4 N–H and O–H groups in total. The van der Waals surface area contributed by atoms with E-state index in [1.165, 1.54) is 4.90 Å². The van der Waals surface area contributed by atoms with Gasteiger partial charge in [0.2, 0.25) is 11.8 Å². The van der Waals surface area contributed by atoms with Crippen molar-refractivity contribution in [3.05, 3.63) is 0 Å². The Hall–Kier alpha value is -3.30. The molecule has 15 nitrogen and oxygen atoms in total. The normalized spacial score (nSPS) is 19.2. The zero-order valence-corrected chi connectivity index (χ0v) is 18.0. The number of ether oxygens (including phenoxy) is 3. The SMILES string of the molecule is NC(=O)CNC(=O)CCC1CN(COC=O)CCN(COC=O)C1N(COC=O)CC(=O)O. The topological polar surface area (TPSA) is 198 Å². The van der Waals surface area contributed by atoms with E-state index in [1.54, 1.807) is 9.80 Å². The maximum Gasteiger partial charge on any atom is 0.317 e. The lowest BCUT2D eigenvalue weighted by Gasteiger charge is -2.40. The van der Waals surface area contributed by atoms with Crippen molar-refractivity contribution in [3.63, 3.8) is 0 Å². The highest BCUT2D eigenvalue weighted by molar-refractivity contribution is 5.83. The van der Waals surface area contributed by atoms with Crippen LogP contribution in [0.1, 0.15) is 12.8 Å². The highest BCUT2D eigenvalue weighted by atomic mass is 16.5. The minimum absolute atomic E-state index is 0.0331. The lowest BCUT2D eigenvalue weighted by Crippen LogP contribution is -2.55. The number of hydrogen-bond acceptors (Lipinski definition) is 12. The van der Waals surface area contributed by atoms with E-state index in [2.05, 4.69) is 5.32 Å². The zero-order valence-electron chi connectivity index (χ0n) is 18.0. The van der Waals surface area contributed by atoms with Gasteiger partial charge in [-0.25, -0.2) is 4.90 Å². The first kappa shape index (κ1) is 27.7. The Balaban J connectivity index is 3.19. The van der Waals surface area contributed by atoms with E-state index in [9.17, 15) is 33.9 Å². The zero-order chi connectivity index (χ0) is 24.6. The molecule has 1 aliphatic heterocycles. The monoisotopic (exact) mass is 475 g/mol. The molecule has 186 valence electrons. The van der Waals surface area contributed by atoms with Crippen LogP contribution in [0.25, 0.3) is 0 Å². The van der Waals surface area contributed by atoms with Gasteiger partial charge >= 0.3 is 5.97 Å². The van der Waals surface area contributed by atoms with Crippen LogP contribution in [0.2, 0.25) is 0 Å². The number of carbonyl (C=O) groups excluding carboxylic acids is 5. The fourth-order valence-electron chi connectivity index (χ4n) is 3.61. The number of primary amides is 1. The first-order chi connectivity index (χ1) is 15.8. The molecule has 1 heterocycles. The van der Waals surface area contributed by atoms with Crippen molar-refractivity contribution in [3.8, 4) is 0 Å². The molecule has 1 saturated heterocycles. The van der Waals surface area contributed by atoms with Gasteiger partial charge in [-0.1, -0.05) is 0 Å². The minimum Gasteiger partial charge on any atom is -0.480 e. The summed E-state index contributed by atoms with van der Waals surface area (Å²) in [5.74, 6) is -2.79. The van der Waals surface area contributed by atoms with Crippen molar-refractivity contribution in [2.45, 2.75) is 19.0 Å². The molecule has 2 atom stereocenters. The van der Waals surface area contributed by atoms with Gasteiger partial charge < -0.3 is 30.4 Å². The van der Waals surface area contributed by atoms with Gasteiger partial charge in [0, 0.05) is 32.0 Å². The molecule has 0 radical (unpaired) electrons. The third kappa shape index (κ3) is 10.7. The number of hydrogen-bond donors (Lipinski definition) is 3. The predicted molar refractivity (Wildman–Crippen MR) is 107 cm³/mol. The predicted octanol–water partition coefficient (Wildman–Crippen LogP) is -3.29. The van der Waals surface area contributed by atoms with E-state index in [-0.39, 0.29) is 72.1 Å². The van der Waals surface area contributed by atoms with Gasteiger partial charge in [0.25, 0.3) is 19.4 Å². The van der Waals surface area contributed by atoms with E-state index in [0.717, 1.165) is 0 Å². The second kappa shape index (κ2) is 15.5. The summed E-state index contributed by atoms with van der Waals surface area (Å²) in [4.78, 5) is 71.5. The van der Waals surface area contributed by atoms with Crippen LogP contribution in [0.3, 0.4) is 0 Å². The van der Waals surface area contributed by atoms with E-state index in [4.69, 9.17) is 19.9 Å². The molecule has 0 spiro atoms. The van der Waals surface area contributed by atoms with Crippen molar-refractivity contribution < 1.29 is 48.1 Å². The number of nitrogens with two attached hydrogens (primary N) is 1. The Labute approximate surface area is 189 Å². The van der Waals surface area contributed by atoms with Crippen LogP contribution >= 0.6 is 0 Å². The first-order valence-electron chi connectivity index (χ1n) is 9.95. The molecule has 0 aromatic heterocycles. The van der Waals surface area contributed by atoms with E-state index in [0.29, 0.717) is 6.54 Å². The molecule has 0 aromatic carbocycles. The Morgan fingerprint density at radius 1 is 1.06 bits per heavy atom. The molecular formula is C18H29N5O10. The lowest BCUT2D eigenvalue weighted by molar-refractivity contribution is -0.155. The molecular weight excluding hydrogens is 446 g/mol. The minimum atomic E-state index is -1.19. The largest absolute Gasteiger partial charge is 0.480 e. The third-order valence-corrected chi connectivity index (χ3v) is 4.85. The van der Waals surface area contributed by atoms with Crippen LogP contribution in [-0.2, 0) is 43.0 Å². The molecule has 2 unspecified atom stereocenters. The van der Waals surface area contributed by atoms with Gasteiger partial charge in [-0.15, -0.1) is 0 Å². The van der Waals surface area contributed by atoms with Gasteiger partial charge in [-0.05, 0) is 6.42 Å². The van der Waals surface area contributed by atoms with Crippen LogP contribution in [0, 0.1) is 5.92 Å². The molecule has 15 heteroatoms. The number of carbonyl (C=O) groups is 6. The van der Waals surface area contributed by atoms with Crippen LogP contribution in [0.15, 0.2) is 0 Å². The lowest BCUT2D eigenvalue weighted by atomic mass is 9.97. The Kier molecular flexibility index (Phi) is 13.0. The summed E-state index contributed by atoms with van der Waals surface area (Å²) in [5.41, 5.74) is 5.03. The van der Waals surface area contributed by atoms with Crippen molar-refractivity contribution >= 4 is 37.2 Å². The Bertz CT molecular complexity index is 679. The maximum atomic E-state index is 12.1. The summed E-state index contributed by atoms with van der Waals surface area (Å²) in [6.45, 7) is 0.175. The summed E-state index contributed by atoms with van der Waals surface area (Å²) >= 11 is 0. The molecule has 1 rings (SSSR count). The average molecular weight is 475 g/mol. The van der Waals surface area contributed by atoms with Crippen molar-refractivity contribution in [1.29, 1.82) is 0 Å². The van der Waals surface area contributed by atoms with E-state index in [1.807, 2.05) is 0 Å². The standard InChI is InChI=1S/C18H29N5O10/c19-15(27)5-20-16(28)2-1-14-6-21(8-31-11-24)3-4-22(9-32-12-25)18(14)23(7-17(29)30)10-33-13-26/h11-14,18H,1-10H2,(H2,19,27)(H,20,28)(H,29,30). The summed E-state index contributed by atoms with van der Waals surface area (Å²) in [6, 6.07) is 0. The summed E-state index contributed by atoms with van der Waals surface area (Å²) in [6.07, 6.45) is -0.554. The Morgan fingerprint density at radius 2 is 1.73 bits per heavy atom. The molecule has 1 fully saturated rings. The highest BCUT2D eigenvalue weighted by Crippen LogP contribution is 2.25. The summed E-state index contributed by atoms with van der Waals surface area (Å²) < 4.78 is 14.5. The number of carboxylic acids is 1. The number of nitrogens with zero attached hydrogens (tertiary/aromatic N) is 3. The number of aliphatic carboxylic acids is 1. The van der Waals surface area contributed by atoms with Crippen molar-refractivity contribution in [1.82, 2.24) is 20.0 Å². The second-order valence-corrected chi connectivity index (χ2v) is 7.16. The molecule has 2 amide bonds. The van der Waals surface area contributed by atoms with Crippen LogP contribution < -0.4 is 11.1 Å². The fraction of sp³-hybridized carbons (Fsp3) is 0.667. The second-order valence-electron chi connectivity index (χ2n) is 7.16.